The summed E-state index contributed by atoms with van der Waals surface area (Å²) < 4.78 is 0. The van der Waals surface area contributed by atoms with Gasteiger partial charge < -0.3 is 5.32 Å². The number of halogens is 1. The number of rotatable bonds is 5. The largest absolute Gasteiger partial charge is 0.346 e. The maximum atomic E-state index is 10.6. The van der Waals surface area contributed by atoms with E-state index < -0.39 is 0 Å². The van der Waals surface area contributed by atoms with Gasteiger partial charge in [0.2, 0.25) is 0 Å². The van der Waals surface area contributed by atoms with Crippen LogP contribution in [0.1, 0.15) is 24.5 Å². The van der Waals surface area contributed by atoms with Crippen molar-refractivity contribution >= 4 is 20.7 Å². The zero-order valence-electron chi connectivity index (χ0n) is 8.92. The third kappa shape index (κ3) is 4.98. The highest BCUT2D eigenvalue weighted by atomic mass is 79.9. The Bertz CT molecular complexity index is 308. The Labute approximate surface area is 99.2 Å². The number of aryl methyl sites for hydroxylation is 1. The molecule has 82 valence electrons. The Kier molecular flexibility index (Phi) is 5.40. The molecular formula is C12H16BrNO. The Balaban J connectivity index is 2.39. The molecule has 0 bridgehead atoms. The lowest BCUT2D eigenvalue weighted by Crippen LogP contribution is -2.18. The van der Waals surface area contributed by atoms with Crippen LogP contribution in [0.4, 0.5) is 4.79 Å². The summed E-state index contributed by atoms with van der Waals surface area (Å²) in [6, 6.07) is 8.58. The first-order chi connectivity index (χ1) is 7.22. The quantitative estimate of drug-likeness (QED) is 0.645. The molecule has 0 fully saturated rings. The molecule has 0 atom stereocenters. The molecule has 0 saturated heterocycles. The fourth-order valence-corrected chi connectivity index (χ4v) is 1.66. The molecule has 1 N–H and O–H groups in total. The standard InChI is InChI=1S/C12H16BrNO/c1-2-3-10-4-6-11(7-5-10)8-9-14-12(13)15/h4-7H,2-3,8-9H2,1H3,(H,14,15). The van der Waals surface area contributed by atoms with E-state index in [-0.39, 0.29) is 4.82 Å². The van der Waals surface area contributed by atoms with Crippen molar-refractivity contribution in [2.24, 2.45) is 0 Å². The zero-order chi connectivity index (χ0) is 11.1. The van der Waals surface area contributed by atoms with Crippen molar-refractivity contribution in [1.82, 2.24) is 5.32 Å². The Morgan fingerprint density at radius 1 is 1.20 bits per heavy atom. The summed E-state index contributed by atoms with van der Waals surface area (Å²) >= 11 is 2.83. The first-order valence-corrected chi connectivity index (χ1v) is 6.03. The Morgan fingerprint density at radius 3 is 2.20 bits per heavy atom. The minimum absolute atomic E-state index is 0.148. The predicted octanol–water partition coefficient (Wildman–Crippen LogP) is 3.29. The molecular weight excluding hydrogens is 254 g/mol. The van der Waals surface area contributed by atoms with Crippen LogP contribution in [0.25, 0.3) is 0 Å². The van der Waals surface area contributed by atoms with E-state index in [1.807, 2.05) is 0 Å². The number of benzene rings is 1. The lowest BCUT2D eigenvalue weighted by atomic mass is 10.1. The van der Waals surface area contributed by atoms with E-state index in [1.165, 1.54) is 17.5 Å². The van der Waals surface area contributed by atoms with E-state index in [4.69, 9.17) is 0 Å². The van der Waals surface area contributed by atoms with Crippen molar-refractivity contribution in [2.45, 2.75) is 26.2 Å². The minimum Gasteiger partial charge on any atom is -0.346 e. The molecule has 1 rings (SSSR count). The first kappa shape index (κ1) is 12.2. The average molecular weight is 270 g/mol. The van der Waals surface area contributed by atoms with Crippen LogP contribution in [0.2, 0.25) is 0 Å². The van der Waals surface area contributed by atoms with Gasteiger partial charge in [0.05, 0.1) is 0 Å². The second-order valence-electron chi connectivity index (χ2n) is 3.52. The number of carbonyl (C=O) groups excluding carboxylic acids is 1. The summed E-state index contributed by atoms with van der Waals surface area (Å²) in [5.74, 6) is 0. The van der Waals surface area contributed by atoms with Crippen LogP contribution in [0.3, 0.4) is 0 Å². The van der Waals surface area contributed by atoms with E-state index in [0.29, 0.717) is 6.54 Å². The van der Waals surface area contributed by atoms with E-state index >= 15 is 0 Å². The van der Waals surface area contributed by atoms with Crippen LogP contribution in [0, 0.1) is 0 Å². The number of amides is 1. The minimum atomic E-state index is -0.148. The number of hydrogen-bond acceptors (Lipinski definition) is 1. The predicted molar refractivity (Wildman–Crippen MR) is 66.5 cm³/mol. The second-order valence-corrected chi connectivity index (χ2v) is 4.24. The van der Waals surface area contributed by atoms with Crippen LogP contribution in [-0.2, 0) is 12.8 Å². The van der Waals surface area contributed by atoms with E-state index in [2.05, 4.69) is 52.4 Å². The van der Waals surface area contributed by atoms with Crippen molar-refractivity contribution in [3.05, 3.63) is 35.4 Å². The molecule has 0 aliphatic carbocycles. The number of hydrogen-bond donors (Lipinski definition) is 1. The number of nitrogens with one attached hydrogen (secondary N) is 1. The SMILES string of the molecule is CCCc1ccc(CCNC(=O)Br)cc1. The summed E-state index contributed by atoms with van der Waals surface area (Å²) in [6.07, 6.45) is 3.20. The zero-order valence-corrected chi connectivity index (χ0v) is 10.5. The summed E-state index contributed by atoms with van der Waals surface area (Å²) in [5.41, 5.74) is 2.64. The van der Waals surface area contributed by atoms with E-state index in [0.717, 1.165) is 12.8 Å². The molecule has 1 amide bonds. The highest BCUT2D eigenvalue weighted by molar-refractivity contribution is 9.18. The molecule has 0 aliphatic rings. The van der Waals surface area contributed by atoms with Crippen LogP contribution in [0.5, 0.6) is 0 Å². The third-order valence-electron chi connectivity index (χ3n) is 2.24. The summed E-state index contributed by atoms with van der Waals surface area (Å²) in [4.78, 5) is 10.4. The smallest absolute Gasteiger partial charge is 0.287 e. The van der Waals surface area contributed by atoms with Crippen molar-refractivity contribution in [1.29, 1.82) is 0 Å². The van der Waals surface area contributed by atoms with Gasteiger partial charge in [-0.25, -0.2) is 0 Å². The van der Waals surface area contributed by atoms with Gasteiger partial charge in [-0.2, -0.15) is 0 Å². The van der Waals surface area contributed by atoms with Gasteiger partial charge in [-0.1, -0.05) is 37.6 Å². The molecule has 2 nitrogen and oxygen atoms in total. The molecule has 0 aliphatic heterocycles. The van der Waals surface area contributed by atoms with E-state index in [9.17, 15) is 4.79 Å². The van der Waals surface area contributed by atoms with E-state index in [1.54, 1.807) is 0 Å². The lowest BCUT2D eigenvalue weighted by Gasteiger charge is -2.03. The van der Waals surface area contributed by atoms with Gasteiger partial charge in [0, 0.05) is 22.5 Å². The van der Waals surface area contributed by atoms with Crippen molar-refractivity contribution in [2.75, 3.05) is 6.54 Å². The van der Waals surface area contributed by atoms with Gasteiger partial charge in [-0.3, -0.25) is 4.79 Å². The van der Waals surface area contributed by atoms with Gasteiger partial charge in [-0.05, 0) is 24.0 Å². The summed E-state index contributed by atoms with van der Waals surface area (Å²) in [5, 5.41) is 2.71. The molecule has 0 radical (unpaired) electrons. The normalized spacial score (nSPS) is 10.0. The van der Waals surface area contributed by atoms with Crippen molar-refractivity contribution < 1.29 is 4.79 Å². The molecule has 1 aromatic carbocycles. The third-order valence-corrected chi connectivity index (χ3v) is 2.52. The molecule has 0 saturated carbocycles. The van der Waals surface area contributed by atoms with Gasteiger partial charge in [0.15, 0.2) is 0 Å². The first-order valence-electron chi connectivity index (χ1n) is 5.23. The van der Waals surface area contributed by atoms with Gasteiger partial charge >= 0.3 is 0 Å². The summed E-state index contributed by atoms with van der Waals surface area (Å²) in [6.45, 7) is 2.86. The molecule has 0 heterocycles. The highest BCUT2D eigenvalue weighted by Crippen LogP contribution is 2.06. The molecule has 0 unspecified atom stereocenters. The summed E-state index contributed by atoms with van der Waals surface area (Å²) in [7, 11) is 0. The van der Waals surface area contributed by atoms with Gasteiger partial charge in [-0.15, -0.1) is 0 Å². The van der Waals surface area contributed by atoms with Crippen LogP contribution >= 0.6 is 15.9 Å². The lowest BCUT2D eigenvalue weighted by molar-refractivity contribution is 0.262. The van der Waals surface area contributed by atoms with Crippen molar-refractivity contribution in [3.8, 4) is 0 Å². The monoisotopic (exact) mass is 269 g/mol. The maximum Gasteiger partial charge on any atom is 0.287 e. The van der Waals surface area contributed by atoms with Crippen molar-refractivity contribution in [3.63, 3.8) is 0 Å². The fourth-order valence-electron chi connectivity index (χ4n) is 1.47. The molecule has 0 aromatic heterocycles. The van der Waals surface area contributed by atoms with Crippen LogP contribution < -0.4 is 5.32 Å². The Morgan fingerprint density at radius 2 is 1.73 bits per heavy atom. The maximum absolute atomic E-state index is 10.6. The second kappa shape index (κ2) is 6.62. The van der Waals surface area contributed by atoms with Crippen LogP contribution in [-0.4, -0.2) is 11.4 Å². The van der Waals surface area contributed by atoms with Gasteiger partial charge in [0.25, 0.3) is 4.82 Å². The van der Waals surface area contributed by atoms with Crippen LogP contribution in [0.15, 0.2) is 24.3 Å². The Hall–Kier alpha value is -0.830. The fraction of sp³-hybridized carbons (Fsp3) is 0.417. The van der Waals surface area contributed by atoms with Gasteiger partial charge in [0.1, 0.15) is 0 Å². The average Bonchev–Trinajstić information content (AvgIpc) is 2.20. The molecule has 15 heavy (non-hydrogen) atoms. The molecule has 3 heteroatoms. The topological polar surface area (TPSA) is 29.1 Å². The molecule has 1 aromatic rings. The highest BCUT2D eigenvalue weighted by Gasteiger charge is 1.96. The number of carbonyl (C=O) groups is 1. The molecule has 0 spiro atoms.